The average Bonchev–Trinajstić information content (AvgIpc) is 3.23. The molecule has 114 valence electrons. The van der Waals surface area contributed by atoms with E-state index in [1.807, 2.05) is 40.7 Å². The number of rotatable bonds is 2. The van der Waals surface area contributed by atoms with E-state index in [2.05, 4.69) is 4.98 Å². The maximum absolute atomic E-state index is 13.0. The van der Waals surface area contributed by atoms with Gasteiger partial charge in [-0.15, -0.1) is 11.3 Å². The number of likely N-dealkylation sites (tertiary alicyclic amines) is 1. The van der Waals surface area contributed by atoms with Crippen molar-refractivity contribution in [2.45, 2.75) is 37.8 Å². The molecule has 2 aromatic rings. The molecule has 2 atom stereocenters. The third kappa shape index (κ3) is 2.39. The molecule has 0 spiro atoms. The van der Waals surface area contributed by atoms with Gasteiger partial charge in [-0.1, -0.05) is 18.2 Å². The van der Waals surface area contributed by atoms with Gasteiger partial charge in [0.2, 0.25) is 0 Å². The van der Waals surface area contributed by atoms with Gasteiger partial charge in [-0.3, -0.25) is 4.79 Å². The summed E-state index contributed by atoms with van der Waals surface area (Å²) in [5.74, 6) is 0.958. The number of benzene rings is 1. The van der Waals surface area contributed by atoms with Gasteiger partial charge in [-0.2, -0.15) is 0 Å². The lowest BCUT2D eigenvalue weighted by Gasteiger charge is -2.35. The quantitative estimate of drug-likeness (QED) is 0.855. The lowest BCUT2D eigenvalue weighted by Crippen LogP contribution is -2.45. The SMILES string of the molecule is O=C([C@H]1Cc2ccccc2O1)N1CCCC[C@@H]1c1nccs1. The largest absolute Gasteiger partial charge is 0.480 e. The summed E-state index contributed by atoms with van der Waals surface area (Å²) >= 11 is 1.63. The maximum Gasteiger partial charge on any atom is 0.264 e. The molecule has 3 heterocycles. The molecule has 0 bridgehead atoms. The van der Waals surface area contributed by atoms with E-state index >= 15 is 0 Å². The van der Waals surface area contributed by atoms with Crippen LogP contribution in [0.1, 0.15) is 35.9 Å². The van der Waals surface area contributed by atoms with Gasteiger partial charge in [-0.05, 0) is 30.9 Å². The van der Waals surface area contributed by atoms with Gasteiger partial charge in [-0.25, -0.2) is 4.98 Å². The summed E-state index contributed by atoms with van der Waals surface area (Å²) in [6, 6.07) is 8.04. The lowest BCUT2D eigenvalue weighted by molar-refractivity contribution is -0.142. The van der Waals surface area contributed by atoms with Crippen LogP contribution in [-0.4, -0.2) is 28.4 Å². The first kappa shape index (κ1) is 13.8. The van der Waals surface area contributed by atoms with Crippen LogP contribution in [0.15, 0.2) is 35.8 Å². The molecule has 1 fully saturated rings. The highest BCUT2D eigenvalue weighted by molar-refractivity contribution is 7.09. The van der Waals surface area contributed by atoms with Crippen molar-refractivity contribution >= 4 is 17.2 Å². The first-order valence-electron chi connectivity index (χ1n) is 7.77. The number of fused-ring (bicyclic) bond motifs is 1. The smallest absolute Gasteiger partial charge is 0.264 e. The van der Waals surface area contributed by atoms with Crippen molar-refractivity contribution in [1.29, 1.82) is 0 Å². The van der Waals surface area contributed by atoms with Crippen molar-refractivity contribution in [3.63, 3.8) is 0 Å². The molecule has 4 rings (SSSR count). The van der Waals surface area contributed by atoms with E-state index in [9.17, 15) is 4.79 Å². The predicted molar refractivity (Wildman–Crippen MR) is 85.0 cm³/mol. The normalized spacial score (nSPS) is 23.9. The monoisotopic (exact) mass is 314 g/mol. The standard InChI is InChI=1S/C17H18N2O2S/c20-17(15-11-12-5-1-2-7-14(12)21-15)19-9-4-3-6-13(19)16-18-8-10-22-16/h1-2,5,7-8,10,13,15H,3-4,6,9,11H2/t13-,15-/m1/s1. The molecular weight excluding hydrogens is 296 g/mol. The van der Waals surface area contributed by atoms with E-state index in [1.54, 1.807) is 11.3 Å². The Morgan fingerprint density at radius 2 is 2.23 bits per heavy atom. The number of nitrogens with zero attached hydrogens (tertiary/aromatic N) is 2. The number of hydrogen-bond donors (Lipinski definition) is 0. The van der Waals surface area contributed by atoms with Crippen LogP contribution < -0.4 is 4.74 Å². The first-order chi connectivity index (χ1) is 10.8. The summed E-state index contributed by atoms with van der Waals surface area (Å²) in [6.45, 7) is 0.805. The molecule has 0 aliphatic carbocycles. The minimum Gasteiger partial charge on any atom is -0.480 e. The molecule has 1 amide bonds. The van der Waals surface area contributed by atoms with Crippen molar-refractivity contribution in [3.8, 4) is 5.75 Å². The fourth-order valence-electron chi connectivity index (χ4n) is 3.36. The summed E-state index contributed by atoms with van der Waals surface area (Å²) in [7, 11) is 0. The van der Waals surface area contributed by atoms with E-state index in [0.29, 0.717) is 6.42 Å². The summed E-state index contributed by atoms with van der Waals surface area (Å²) < 4.78 is 5.88. The summed E-state index contributed by atoms with van der Waals surface area (Å²) in [6.07, 6.45) is 5.33. The predicted octanol–water partition coefficient (Wildman–Crippen LogP) is 3.20. The molecule has 1 saturated heterocycles. The zero-order chi connectivity index (χ0) is 14.9. The molecule has 22 heavy (non-hydrogen) atoms. The number of thiazole rings is 1. The molecule has 5 heteroatoms. The van der Waals surface area contributed by atoms with Crippen molar-refractivity contribution < 1.29 is 9.53 Å². The Balaban J connectivity index is 1.54. The minimum absolute atomic E-state index is 0.108. The van der Waals surface area contributed by atoms with Gasteiger partial charge in [0.25, 0.3) is 5.91 Å². The van der Waals surface area contributed by atoms with E-state index in [1.165, 1.54) is 0 Å². The highest BCUT2D eigenvalue weighted by atomic mass is 32.1. The van der Waals surface area contributed by atoms with Crippen LogP contribution in [-0.2, 0) is 11.2 Å². The van der Waals surface area contributed by atoms with Gasteiger partial charge in [0.05, 0.1) is 6.04 Å². The lowest BCUT2D eigenvalue weighted by atomic mass is 10.0. The Morgan fingerprint density at radius 3 is 3.05 bits per heavy atom. The molecule has 0 unspecified atom stereocenters. The molecule has 0 saturated carbocycles. The molecule has 1 aromatic carbocycles. The molecule has 1 aromatic heterocycles. The van der Waals surface area contributed by atoms with Crippen molar-refractivity contribution in [1.82, 2.24) is 9.88 Å². The topological polar surface area (TPSA) is 42.4 Å². The zero-order valence-electron chi connectivity index (χ0n) is 12.3. The third-order valence-electron chi connectivity index (χ3n) is 4.44. The van der Waals surface area contributed by atoms with Crippen LogP contribution in [0.5, 0.6) is 5.75 Å². The van der Waals surface area contributed by atoms with Crippen LogP contribution >= 0.6 is 11.3 Å². The van der Waals surface area contributed by atoms with Gasteiger partial charge in [0.15, 0.2) is 6.10 Å². The number of para-hydroxylation sites is 1. The number of aromatic nitrogens is 1. The molecule has 2 aliphatic heterocycles. The number of hydrogen-bond acceptors (Lipinski definition) is 4. The van der Waals surface area contributed by atoms with E-state index in [-0.39, 0.29) is 18.1 Å². The average molecular weight is 314 g/mol. The highest BCUT2D eigenvalue weighted by Gasteiger charge is 2.37. The maximum atomic E-state index is 13.0. The van der Waals surface area contributed by atoms with E-state index in [4.69, 9.17) is 4.74 Å². The summed E-state index contributed by atoms with van der Waals surface area (Å²) in [4.78, 5) is 19.4. The minimum atomic E-state index is -0.377. The first-order valence-corrected chi connectivity index (χ1v) is 8.65. The van der Waals surface area contributed by atoms with Gasteiger partial charge < -0.3 is 9.64 Å². The third-order valence-corrected chi connectivity index (χ3v) is 5.32. The zero-order valence-corrected chi connectivity index (χ0v) is 13.1. The number of ether oxygens (including phenoxy) is 1. The van der Waals surface area contributed by atoms with Crippen molar-refractivity contribution in [2.75, 3.05) is 6.54 Å². The summed E-state index contributed by atoms with van der Waals surface area (Å²) in [5.41, 5.74) is 1.13. The molecule has 0 radical (unpaired) electrons. The van der Waals surface area contributed by atoms with Gasteiger partial charge in [0, 0.05) is 24.5 Å². The second kappa shape index (κ2) is 5.72. The van der Waals surface area contributed by atoms with Crippen LogP contribution in [0.25, 0.3) is 0 Å². The van der Waals surface area contributed by atoms with Crippen LogP contribution in [0.3, 0.4) is 0 Å². The number of carbonyl (C=O) groups excluding carboxylic acids is 1. The molecule has 2 aliphatic rings. The fraction of sp³-hybridized carbons (Fsp3) is 0.412. The number of piperidine rings is 1. The Bertz CT molecular complexity index is 646. The Labute approximate surface area is 133 Å². The molecule has 4 nitrogen and oxygen atoms in total. The van der Waals surface area contributed by atoms with Crippen molar-refractivity contribution in [3.05, 3.63) is 46.4 Å². The van der Waals surface area contributed by atoms with Crippen LogP contribution in [0, 0.1) is 0 Å². The molecular formula is C17H18N2O2S. The summed E-state index contributed by atoms with van der Waals surface area (Å²) in [5, 5.41) is 3.03. The number of amides is 1. The highest BCUT2D eigenvalue weighted by Crippen LogP contribution is 2.35. The van der Waals surface area contributed by atoms with Crippen LogP contribution in [0.2, 0.25) is 0 Å². The molecule has 0 N–H and O–H groups in total. The second-order valence-electron chi connectivity index (χ2n) is 5.83. The fourth-order valence-corrected chi connectivity index (χ4v) is 4.14. The number of carbonyl (C=O) groups is 1. The van der Waals surface area contributed by atoms with Gasteiger partial charge >= 0.3 is 0 Å². The second-order valence-corrected chi connectivity index (χ2v) is 6.76. The Kier molecular flexibility index (Phi) is 3.58. The Morgan fingerprint density at radius 1 is 1.32 bits per heavy atom. The van der Waals surface area contributed by atoms with Gasteiger partial charge in [0.1, 0.15) is 10.8 Å². The van der Waals surface area contributed by atoms with E-state index in [0.717, 1.165) is 42.1 Å². The Hall–Kier alpha value is -1.88. The van der Waals surface area contributed by atoms with Crippen LogP contribution in [0.4, 0.5) is 0 Å². The van der Waals surface area contributed by atoms with E-state index < -0.39 is 0 Å². The van der Waals surface area contributed by atoms with Crippen molar-refractivity contribution in [2.24, 2.45) is 0 Å².